The Kier molecular flexibility index (Phi) is 3.70. The summed E-state index contributed by atoms with van der Waals surface area (Å²) in [5, 5.41) is 1.93. The van der Waals surface area contributed by atoms with E-state index in [1.54, 1.807) is 0 Å². The Morgan fingerprint density at radius 3 is 2.15 bits per heavy atom. The van der Waals surface area contributed by atoms with E-state index < -0.39 is 7.83 Å². The molecule has 13 heavy (non-hydrogen) atoms. The summed E-state index contributed by atoms with van der Waals surface area (Å²) in [7, 11) is 4.41. The highest BCUT2D eigenvalue weighted by molar-refractivity contribution is 7.41. The Bertz CT molecular complexity index is 251. The van der Waals surface area contributed by atoms with Gasteiger partial charge in [-0.2, -0.15) is 0 Å². The zero-order valence-corrected chi connectivity index (χ0v) is 11.4. The van der Waals surface area contributed by atoms with Crippen LogP contribution in [-0.2, 0) is 0 Å². The Balaban J connectivity index is 2.64. The SMILES string of the molecule is CC(C)(C)[Si][Si]([Si])c1ccccc1. The predicted molar refractivity (Wildman–Crippen MR) is 63.1 cm³/mol. The van der Waals surface area contributed by atoms with Gasteiger partial charge >= 0.3 is 0 Å². The summed E-state index contributed by atoms with van der Waals surface area (Å²) in [6.45, 7) is 6.91. The van der Waals surface area contributed by atoms with E-state index in [0.717, 1.165) is 9.04 Å². The summed E-state index contributed by atoms with van der Waals surface area (Å²) >= 11 is 0. The van der Waals surface area contributed by atoms with Crippen LogP contribution in [0.25, 0.3) is 0 Å². The largest absolute Gasteiger partial charge is 0.0685 e. The molecule has 0 aliphatic heterocycles. The van der Waals surface area contributed by atoms with E-state index in [4.69, 9.17) is 0 Å². The number of benzene rings is 1. The first kappa shape index (κ1) is 10.9. The van der Waals surface area contributed by atoms with Crippen LogP contribution in [0.1, 0.15) is 20.8 Å². The van der Waals surface area contributed by atoms with Crippen LogP contribution < -0.4 is 5.19 Å². The molecule has 0 saturated heterocycles. The highest BCUT2D eigenvalue weighted by atomic mass is 29.5. The van der Waals surface area contributed by atoms with Gasteiger partial charge in [0.05, 0.1) is 7.83 Å². The summed E-state index contributed by atoms with van der Waals surface area (Å²) in [6.07, 6.45) is 0. The smallest absolute Gasteiger partial charge is 0.0556 e. The van der Waals surface area contributed by atoms with Crippen LogP contribution in [0.2, 0.25) is 5.04 Å². The van der Waals surface area contributed by atoms with Gasteiger partial charge in [-0.15, -0.1) is 0 Å². The van der Waals surface area contributed by atoms with Gasteiger partial charge < -0.3 is 0 Å². The third kappa shape index (κ3) is 4.06. The molecular weight excluding hydrogens is 204 g/mol. The fraction of sp³-hybridized carbons (Fsp3) is 0.400. The van der Waals surface area contributed by atoms with Crippen LogP contribution in [0.15, 0.2) is 30.3 Å². The first-order valence-electron chi connectivity index (χ1n) is 4.41. The zero-order chi connectivity index (χ0) is 9.90. The first-order valence-corrected chi connectivity index (χ1v) is 9.41. The van der Waals surface area contributed by atoms with Crippen LogP contribution >= 0.6 is 0 Å². The van der Waals surface area contributed by atoms with Gasteiger partial charge in [-0.05, 0) is 5.04 Å². The van der Waals surface area contributed by atoms with Crippen LogP contribution in [-0.4, -0.2) is 26.6 Å². The van der Waals surface area contributed by atoms with E-state index in [-0.39, 0.29) is 0 Å². The maximum atomic E-state index is 3.89. The van der Waals surface area contributed by atoms with Gasteiger partial charge in [0, 0.05) is 18.8 Å². The molecule has 0 saturated carbocycles. The molecule has 66 valence electrons. The molecule has 0 amide bonds. The summed E-state index contributed by atoms with van der Waals surface area (Å²) in [6, 6.07) is 10.8. The molecule has 0 aromatic heterocycles. The standard InChI is InChI=1S/C10H14Si3/c1-10(2,3)12-13(11)9-7-5-4-6-8-9/h4-8H,1-3H3. The van der Waals surface area contributed by atoms with E-state index in [1.165, 1.54) is 5.19 Å². The monoisotopic (exact) mass is 218 g/mol. The lowest BCUT2D eigenvalue weighted by atomic mass is 10.3. The van der Waals surface area contributed by atoms with Crippen molar-refractivity contribution >= 4 is 31.8 Å². The molecule has 0 N–H and O–H groups in total. The molecule has 0 aliphatic carbocycles. The van der Waals surface area contributed by atoms with Crippen LogP contribution in [0.5, 0.6) is 0 Å². The minimum absolute atomic E-state index is 0.450. The minimum Gasteiger partial charge on any atom is -0.0685 e. The average Bonchev–Trinajstić information content (AvgIpc) is 2.03. The highest BCUT2D eigenvalue weighted by Crippen LogP contribution is 2.19. The fourth-order valence-corrected chi connectivity index (χ4v) is 9.53. The Morgan fingerprint density at radius 2 is 1.69 bits per heavy atom. The molecule has 0 spiro atoms. The van der Waals surface area contributed by atoms with Crippen molar-refractivity contribution in [2.75, 3.05) is 0 Å². The third-order valence-corrected chi connectivity index (χ3v) is 9.33. The molecule has 0 aliphatic rings. The van der Waals surface area contributed by atoms with Crippen molar-refractivity contribution in [3.05, 3.63) is 30.3 Å². The lowest BCUT2D eigenvalue weighted by molar-refractivity contribution is 0.762. The van der Waals surface area contributed by atoms with Crippen molar-refractivity contribution < 1.29 is 0 Å². The third-order valence-electron chi connectivity index (χ3n) is 1.56. The number of rotatable bonds is 2. The summed E-state index contributed by atoms with van der Waals surface area (Å²) < 4.78 is 0. The molecule has 0 atom stereocenters. The van der Waals surface area contributed by atoms with Gasteiger partial charge in [-0.25, -0.2) is 0 Å². The Labute approximate surface area is 88.2 Å². The molecule has 1 rings (SSSR count). The molecular formula is C10H14Si3. The van der Waals surface area contributed by atoms with Gasteiger partial charge in [-0.3, -0.25) is 0 Å². The molecule has 0 heterocycles. The second-order valence-electron chi connectivity index (χ2n) is 4.12. The summed E-state index contributed by atoms with van der Waals surface area (Å²) in [5.74, 6) is 0. The maximum absolute atomic E-state index is 3.89. The normalized spacial score (nSPS) is 12.1. The lowest BCUT2D eigenvalue weighted by Gasteiger charge is -2.21. The molecule has 1 aromatic carbocycles. The van der Waals surface area contributed by atoms with Crippen molar-refractivity contribution in [3.63, 3.8) is 0 Å². The Morgan fingerprint density at radius 1 is 1.15 bits per heavy atom. The average molecular weight is 218 g/mol. The van der Waals surface area contributed by atoms with Gasteiger partial charge in [0.15, 0.2) is 0 Å². The zero-order valence-electron chi connectivity index (χ0n) is 8.39. The minimum atomic E-state index is -0.491. The van der Waals surface area contributed by atoms with Crippen molar-refractivity contribution in [2.45, 2.75) is 25.8 Å². The first-order chi connectivity index (χ1) is 5.99. The van der Waals surface area contributed by atoms with Crippen LogP contribution in [0, 0.1) is 0 Å². The maximum Gasteiger partial charge on any atom is 0.0556 e. The lowest BCUT2D eigenvalue weighted by Crippen LogP contribution is -2.41. The highest BCUT2D eigenvalue weighted by Gasteiger charge is 2.18. The number of hydrogen-bond donors (Lipinski definition) is 0. The molecule has 6 radical (unpaired) electrons. The van der Waals surface area contributed by atoms with Gasteiger partial charge in [0.2, 0.25) is 0 Å². The van der Waals surface area contributed by atoms with Gasteiger partial charge in [0.25, 0.3) is 0 Å². The molecule has 0 fully saturated rings. The van der Waals surface area contributed by atoms with E-state index >= 15 is 0 Å². The Hall–Kier alpha value is -0.129. The predicted octanol–water partition coefficient (Wildman–Crippen LogP) is 1.47. The van der Waals surface area contributed by atoms with E-state index in [2.05, 4.69) is 60.9 Å². The molecule has 1 aromatic rings. The van der Waals surface area contributed by atoms with Gasteiger partial charge in [0.1, 0.15) is 0 Å². The van der Waals surface area contributed by atoms with Crippen molar-refractivity contribution in [3.8, 4) is 0 Å². The van der Waals surface area contributed by atoms with Crippen LogP contribution in [0.4, 0.5) is 0 Å². The van der Waals surface area contributed by atoms with E-state index in [1.807, 2.05) is 0 Å². The van der Waals surface area contributed by atoms with Gasteiger partial charge in [-0.1, -0.05) is 56.3 Å². The van der Waals surface area contributed by atoms with Crippen molar-refractivity contribution in [2.24, 2.45) is 0 Å². The van der Waals surface area contributed by atoms with Crippen molar-refractivity contribution in [1.82, 2.24) is 0 Å². The number of hydrogen-bond acceptors (Lipinski definition) is 0. The summed E-state index contributed by atoms with van der Waals surface area (Å²) in [4.78, 5) is 0. The van der Waals surface area contributed by atoms with Crippen LogP contribution in [0.3, 0.4) is 0 Å². The second-order valence-corrected chi connectivity index (χ2v) is 12.4. The fourth-order valence-electron chi connectivity index (χ4n) is 1.05. The molecule has 0 unspecified atom stereocenters. The van der Waals surface area contributed by atoms with Crippen molar-refractivity contribution in [1.29, 1.82) is 0 Å². The second kappa shape index (κ2) is 4.39. The van der Waals surface area contributed by atoms with E-state index in [9.17, 15) is 0 Å². The molecule has 0 nitrogen and oxygen atoms in total. The summed E-state index contributed by atoms with van der Waals surface area (Å²) in [5.41, 5.74) is 0. The quantitative estimate of drug-likeness (QED) is 0.660. The molecule has 0 bridgehead atoms. The van der Waals surface area contributed by atoms with E-state index in [0.29, 0.717) is 5.04 Å². The molecule has 3 heteroatoms. The topological polar surface area (TPSA) is 0 Å².